The van der Waals surface area contributed by atoms with Crippen molar-refractivity contribution in [3.63, 3.8) is 0 Å². The van der Waals surface area contributed by atoms with Gasteiger partial charge in [-0.2, -0.15) is 0 Å². The summed E-state index contributed by atoms with van der Waals surface area (Å²) in [6.45, 7) is 2.04. The molecular formula is C11H12N2OS. The Morgan fingerprint density at radius 3 is 2.53 bits per heavy atom. The van der Waals surface area contributed by atoms with E-state index in [9.17, 15) is 4.79 Å². The van der Waals surface area contributed by atoms with Crippen LogP contribution in [-0.2, 0) is 4.79 Å². The molecule has 1 heterocycles. The molecule has 1 aliphatic rings. The predicted octanol–water partition coefficient (Wildman–Crippen LogP) is 2.19. The first-order valence-corrected chi connectivity index (χ1v) is 5.70. The summed E-state index contributed by atoms with van der Waals surface area (Å²) in [5.41, 5.74) is 2.10. The summed E-state index contributed by atoms with van der Waals surface area (Å²) in [6, 6.07) is 7.95. The zero-order valence-electron chi connectivity index (χ0n) is 8.73. The minimum Gasteiger partial charge on any atom is -0.294 e. The molecule has 0 atom stereocenters. The Kier molecular flexibility index (Phi) is 2.77. The van der Waals surface area contributed by atoms with Crippen molar-refractivity contribution >= 4 is 28.5 Å². The van der Waals surface area contributed by atoms with Crippen LogP contribution in [-0.4, -0.2) is 28.8 Å². The van der Waals surface area contributed by atoms with Crippen LogP contribution in [0.4, 0.5) is 5.69 Å². The van der Waals surface area contributed by atoms with Gasteiger partial charge in [0.25, 0.3) is 0 Å². The number of aryl methyl sites for hydroxylation is 1. The summed E-state index contributed by atoms with van der Waals surface area (Å²) in [5.74, 6) is 0.618. The van der Waals surface area contributed by atoms with Crippen molar-refractivity contribution < 1.29 is 4.79 Å². The number of benzene rings is 1. The van der Waals surface area contributed by atoms with Gasteiger partial charge in [0.05, 0.1) is 11.4 Å². The number of thioether (sulfide) groups is 1. The van der Waals surface area contributed by atoms with Gasteiger partial charge < -0.3 is 0 Å². The van der Waals surface area contributed by atoms with E-state index in [4.69, 9.17) is 0 Å². The molecule has 0 spiro atoms. The van der Waals surface area contributed by atoms with Crippen molar-refractivity contribution in [3.8, 4) is 0 Å². The van der Waals surface area contributed by atoms with Gasteiger partial charge in [0.2, 0.25) is 5.91 Å². The number of aliphatic imine (C=N–C) groups is 1. The lowest BCUT2D eigenvalue weighted by Crippen LogP contribution is -2.24. The topological polar surface area (TPSA) is 32.7 Å². The second kappa shape index (κ2) is 4.06. The quantitative estimate of drug-likeness (QED) is 0.726. The van der Waals surface area contributed by atoms with Gasteiger partial charge in [-0.3, -0.25) is 9.69 Å². The first-order chi connectivity index (χ1) is 7.16. The highest BCUT2D eigenvalue weighted by molar-refractivity contribution is 8.15. The van der Waals surface area contributed by atoms with Crippen molar-refractivity contribution in [2.24, 2.45) is 4.99 Å². The normalized spacial score (nSPS) is 18.9. The molecule has 0 N–H and O–H groups in total. The Balaban J connectivity index is 2.23. The van der Waals surface area contributed by atoms with Crippen molar-refractivity contribution in [2.45, 2.75) is 6.92 Å². The summed E-state index contributed by atoms with van der Waals surface area (Å²) in [7, 11) is 1.76. The standard InChI is InChI=1S/C11H12N2OS/c1-8-3-5-9(6-4-8)12-11-13(2)10(14)7-15-11/h3-6H,7H2,1-2H3/b12-11+. The van der Waals surface area contributed by atoms with Gasteiger partial charge in [0, 0.05) is 7.05 Å². The minimum absolute atomic E-state index is 0.117. The van der Waals surface area contributed by atoms with Crippen LogP contribution in [0.1, 0.15) is 5.56 Å². The molecule has 1 aromatic carbocycles. The number of amides is 1. The van der Waals surface area contributed by atoms with E-state index in [-0.39, 0.29) is 5.91 Å². The number of amidine groups is 1. The SMILES string of the molecule is Cc1ccc(/N=C2/SCC(=O)N2C)cc1. The highest BCUT2D eigenvalue weighted by Crippen LogP contribution is 2.22. The second-order valence-corrected chi connectivity index (χ2v) is 4.41. The zero-order valence-corrected chi connectivity index (χ0v) is 9.54. The van der Waals surface area contributed by atoms with Crippen LogP contribution in [0.5, 0.6) is 0 Å². The number of nitrogens with zero attached hydrogens (tertiary/aromatic N) is 2. The molecule has 1 saturated heterocycles. The largest absolute Gasteiger partial charge is 0.294 e. The van der Waals surface area contributed by atoms with E-state index in [1.54, 1.807) is 11.9 Å². The fourth-order valence-electron chi connectivity index (χ4n) is 1.26. The van der Waals surface area contributed by atoms with Crippen molar-refractivity contribution in [2.75, 3.05) is 12.8 Å². The molecular weight excluding hydrogens is 208 g/mol. The molecule has 1 aliphatic heterocycles. The van der Waals surface area contributed by atoms with Crippen LogP contribution in [0.3, 0.4) is 0 Å². The lowest BCUT2D eigenvalue weighted by Gasteiger charge is -2.07. The maximum Gasteiger partial charge on any atom is 0.238 e. The monoisotopic (exact) mass is 220 g/mol. The van der Waals surface area contributed by atoms with Gasteiger partial charge in [0.15, 0.2) is 5.17 Å². The number of rotatable bonds is 1. The average Bonchev–Trinajstić information content (AvgIpc) is 2.53. The van der Waals surface area contributed by atoms with Gasteiger partial charge in [-0.25, -0.2) is 4.99 Å². The molecule has 0 aliphatic carbocycles. The summed E-state index contributed by atoms with van der Waals surface area (Å²) in [5, 5.41) is 0.781. The lowest BCUT2D eigenvalue weighted by molar-refractivity contribution is -0.123. The summed E-state index contributed by atoms with van der Waals surface area (Å²) < 4.78 is 0. The van der Waals surface area contributed by atoms with E-state index in [0.717, 1.165) is 10.9 Å². The number of hydrogen-bond donors (Lipinski definition) is 0. The van der Waals surface area contributed by atoms with Crippen molar-refractivity contribution in [1.29, 1.82) is 0 Å². The molecule has 15 heavy (non-hydrogen) atoms. The van der Waals surface area contributed by atoms with Crippen molar-refractivity contribution in [3.05, 3.63) is 29.8 Å². The molecule has 0 radical (unpaired) electrons. The summed E-state index contributed by atoms with van der Waals surface area (Å²) in [6.07, 6.45) is 0. The molecule has 0 bridgehead atoms. The number of carbonyl (C=O) groups is 1. The Morgan fingerprint density at radius 2 is 2.00 bits per heavy atom. The molecule has 78 valence electrons. The first-order valence-electron chi connectivity index (χ1n) is 4.71. The molecule has 3 nitrogen and oxygen atoms in total. The number of carbonyl (C=O) groups excluding carboxylic acids is 1. The summed E-state index contributed by atoms with van der Waals surface area (Å²) in [4.78, 5) is 17.3. The van der Waals surface area contributed by atoms with Gasteiger partial charge in [-0.1, -0.05) is 29.5 Å². The van der Waals surface area contributed by atoms with E-state index in [2.05, 4.69) is 4.99 Å². The highest BCUT2D eigenvalue weighted by Gasteiger charge is 2.23. The third kappa shape index (κ3) is 2.21. The molecule has 2 rings (SSSR count). The molecule has 1 aromatic rings. The van der Waals surface area contributed by atoms with Crippen LogP contribution in [0.25, 0.3) is 0 Å². The van der Waals surface area contributed by atoms with E-state index in [1.165, 1.54) is 17.3 Å². The van der Waals surface area contributed by atoms with Crippen LogP contribution in [0.2, 0.25) is 0 Å². The Bertz CT molecular complexity index is 411. The van der Waals surface area contributed by atoms with Gasteiger partial charge in [0.1, 0.15) is 0 Å². The van der Waals surface area contributed by atoms with Crippen LogP contribution in [0.15, 0.2) is 29.3 Å². The van der Waals surface area contributed by atoms with E-state index in [0.29, 0.717) is 5.75 Å². The smallest absolute Gasteiger partial charge is 0.238 e. The zero-order chi connectivity index (χ0) is 10.8. The molecule has 4 heteroatoms. The molecule has 0 aromatic heterocycles. The van der Waals surface area contributed by atoms with Gasteiger partial charge in [-0.05, 0) is 19.1 Å². The van der Waals surface area contributed by atoms with E-state index < -0.39 is 0 Å². The lowest BCUT2D eigenvalue weighted by atomic mass is 10.2. The Labute approximate surface area is 93.2 Å². The maximum absolute atomic E-state index is 11.3. The van der Waals surface area contributed by atoms with Crippen LogP contribution >= 0.6 is 11.8 Å². The second-order valence-electron chi connectivity index (χ2n) is 3.47. The average molecular weight is 220 g/mol. The molecule has 1 fully saturated rings. The minimum atomic E-state index is 0.117. The Hall–Kier alpha value is -1.29. The fourth-order valence-corrected chi connectivity index (χ4v) is 2.18. The van der Waals surface area contributed by atoms with Crippen molar-refractivity contribution in [1.82, 2.24) is 4.90 Å². The van der Waals surface area contributed by atoms with Crippen LogP contribution < -0.4 is 0 Å². The van der Waals surface area contributed by atoms with Gasteiger partial charge >= 0.3 is 0 Å². The first kappa shape index (κ1) is 10.2. The Morgan fingerprint density at radius 1 is 1.33 bits per heavy atom. The molecule has 0 unspecified atom stereocenters. The van der Waals surface area contributed by atoms with Crippen LogP contribution in [0, 0.1) is 6.92 Å². The maximum atomic E-state index is 11.3. The molecule has 0 saturated carbocycles. The third-order valence-corrected chi connectivity index (χ3v) is 3.26. The van der Waals surface area contributed by atoms with E-state index >= 15 is 0 Å². The summed E-state index contributed by atoms with van der Waals surface area (Å²) >= 11 is 1.48. The van der Waals surface area contributed by atoms with E-state index in [1.807, 2.05) is 31.2 Å². The molecule has 1 amide bonds. The predicted molar refractivity (Wildman–Crippen MR) is 63.5 cm³/mol. The fraction of sp³-hybridized carbons (Fsp3) is 0.273. The third-order valence-electron chi connectivity index (χ3n) is 2.24. The number of hydrogen-bond acceptors (Lipinski definition) is 3. The van der Waals surface area contributed by atoms with Gasteiger partial charge in [-0.15, -0.1) is 0 Å². The highest BCUT2D eigenvalue weighted by atomic mass is 32.2.